The van der Waals surface area contributed by atoms with Gasteiger partial charge in [-0.05, 0) is 29.8 Å². The zero-order chi connectivity index (χ0) is 10.7. The summed E-state index contributed by atoms with van der Waals surface area (Å²) in [4.78, 5) is 16.0. The number of nitrogens with one attached hydrogen (secondary N) is 2. The molecular formula is C11H10ClN2O. The molecule has 0 aliphatic heterocycles. The quantitative estimate of drug-likeness (QED) is 0.775. The molecular weight excluding hydrogens is 212 g/mol. The third kappa shape index (κ3) is 2.03. The summed E-state index contributed by atoms with van der Waals surface area (Å²) in [6.45, 7) is 0. The van der Waals surface area contributed by atoms with Crippen molar-refractivity contribution in [2.24, 2.45) is 0 Å². The summed E-state index contributed by atoms with van der Waals surface area (Å²) >= 11 is 5.41. The van der Waals surface area contributed by atoms with Gasteiger partial charge in [0.1, 0.15) is 0 Å². The van der Waals surface area contributed by atoms with Crippen molar-refractivity contribution in [2.45, 2.75) is 12.5 Å². The van der Waals surface area contributed by atoms with Crippen molar-refractivity contribution in [3.63, 3.8) is 0 Å². The fraction of sp³-hybridized carbons (Fsp3) is 0.182. The highest BCUT2D eigenvalue weighted by Crippen LogP contribution is 2.18. The molecule has 2 aromatic rings. The van der Waals surface area contributed by atoms with Crippen molar-refractivity contribution in [3.8, 4) is 0 Å². The van der Waals surface area contributed by atoms with Gasteiger partial charge in [-0.3, -0.25) is 4.79 Å². The molecule has 0 bridgehead atoms. The van der Waals surface area contributed by atoms with Crippen LogP contribution in [0.3, 0.4) is 0 Å². The van der Waals surface area contributed by atoms with Crippen molar-refractivity contribution in [1.82, 2.24) is 9.82 Å². The molecule has 2 rings (SSSR count). The third-order valence-electron chi connectivity index (χ3n) is 2.37. The van der Waals surface area contributed by atoms with Crippen molar-refractivity contribution >= 4 is 29.0 Å². The van der Waals surface area contributed by atoms with E-state index in [1.54, 1.807) is 0 Å². The van der Waals surface area contributed by atoms with Crippen LogP contribution >= 0.6 is 11.8 Å². The van der Waals surface area contributed by atoms with E-state index in [4.69, 9.17) is 11.8 Å². The molecule has 3 nitrogen and oxygen atoms in total. The standard InChI is InChI=1S/C11H10ClN2O/c12-14-9(7-15)5-8-6-13-11-4-2-1-3-10(8)11/h1-4,6,9,13-14H,5H2/t9-/m0/s1. The molecule has 0 saturated carbocycles. The molecule has 0 spiro atoms. The highest BCUT2D eigenvalue weighted by Gasteiger charge is 2.10. The van der Waals surface area contributed by atoms with Crippen LogP contribution in [0.2, 0.25) is 0 Å². The Morgan fingerprint density at radius 2 is 2.27 bits per heavy atom. The van der Waals surface area contributed by atoms with Crippen LogP contribution in [0.1, 0.15) is 5.56 Å². The van der Waals surface area contributed by atoms with E-state index in [0.717, 1.165) is 16.5 Å². The molecule has 1 aromatic heterocycles. The van der Waals surface area contributed by atoms with Gasteiger partial charge in [-0.15, -0.1) is 0 Å². The van der Waals surface area contributed by atoms with Crippen molar-refractivity contribution in [1.29, 1.82) is 0 Å². The van der Waals surface area contributed by atoms with E-state index in [1.807, 2.05) is 36.7 Å². The molecule has 0 unspecified atom stereocenters. The summed E-state index contributed by atoms with van der Waals surface area (Å²) in [6.07, 6.45) is 4.28. The lowest BCUT2D eigenvalue weighted by atomic mass is 10.1. The Bertz CT molecular complexity index is 466. The number of para-hydroxylation sites is 1. The molecule has 2 N–H and O–H groups in total. The maximum atomic E-state index is 10.5. The van der Waals surface area contributed by atoms with E-state index >= 15 is 0 Å². The van der Waals surface area contributed by atoms with Crippen LogP contribution in [-0.4, -0.2) is 17.3 Å². The fourth-order valence-electron chi connectivity index (χ4n) is 1.62. The molecule has 1 heterocycles. The van der Waals surface area contributed by atoms with E-state index in [0.29, 0.717) is 6.42 Å². The number of hydrogen-bond donors (Lipinski definition) is 2. The van der Waals surface area contributed by atoms with Gasteiger partial charge in [0.2, 0.25) is 6.29 Å². The number of aromatic nitrogens is 1. The Hall–Kier alpha value is -1.32. The first-order valence-corrected chi connectivity index (χ1v) is 5.01. The Morgan fingerprint density at radius 3 is 3.00 bits per heavy atom. The molecule has 0 fully saturated rings. The minimum atomic E-state index is -0.467. The summed E-state index contributed by atoms with van der Waals surface area (Å²) in [5, 5.41) is 1.12. The van der Waals surface area contributed by atoms with Crippen LogP contribution in [0.5, 0.6) is 0 Å². The number of benzene rings is 1. The average molecular weight is 222 g/mol. The summed E-state index contributed by atoms with van der Waals surface area (Å²) in [7, 11) is 0. The SMILES string of the molecule is O=[C][C@H](Cc1c[nH]c2ccccc12)NCl. The van der Waals surface area contributed by atoms with E-state index in [9.17, 15) is 4.79 Å². The lowest BCUT2D eigenvalue weighted by molar-refractivity contribution is 0.536. The van der Waals surface area contributed by atoms with Crippen LogP contribution in [0, 0.1) is 0 Å². The number of carbonyl (C=O) groups excluding carboxylic acids is 1. The molecule has 1 radical (unpaired) electrons. The van der Waals surface area contributed by atoms with E-state index < -0.39 is 6.04 Å². The highest BCUT2D eigenvalue weighted by atomic mass is 35.5. The Labute approximate surface area is 92.5 Å². The van der Waals surface area contributed by atoms with Crippen LogP contribution in [0.25, 0.3) is 10.9 Å². The Kier molecular flexibility index (Phi) is 3.04. The number of halogens is 1. The number of hydrogen-bond acceptors (Lipinski definition) is 2. The molecule has 1 aromatic carbocycles. The van der Waals surface area contributed by atoms with Gasteiger partial charge in [-0.1, -0.05) is 18.2 Å². The van der Waals surface area contributed by atoms with Crippen molar-refractivity contribution < 1.29 is 4.79 Å². The fourth-order valence-corrected chi connectivity index (χ4v) is 1.74. The molecule has 1 atom stereocenters. The van der Waals surface area contributed by atoms with Gasteiger partial charge in [-0.2, -0.15) is 0 Å². The number of fused-ring (bicyclic) bond motifs is 1. The second-order valence-electron chi connectivity index (χ2n) is 3.34. The first-order valence-electron chi connectivity index (χ1n) is 4.64. The summed E-state index contributed by atoms with van der Waals surface area (Å²) in [5.74, 6) is 0. The Balaban J connectivity index is 2.32. The molecule has 4 heteroatoms. The second kappa shape index (κ2) is 4.47. The first kappa shape index (κ1) is 10.2. The smallest absolute Gasteiger partial charge is 0.218 e. The highest BCUT2D eigenvalue weighted by molar-refractivity contribution is 6.14. The largest absolute Gasteiger partial charge is 0.361 e. The van der Waals surface area contributed by atoms with Gasteiger partial charge < -0.3 is 4.98 Å². The zero-order valence-corrected chi connectivity index (χ0v) is 8.71. The van der Waals surface area contributed by atoms with Gasteiger partial charge in [0.15, 0.2) is 0 Å². The monoisotopic (exact) mass is 221 g/mol. The molecule has 0 amide bonds. The lowest BCUT2D eigenvalue weighted by Gasteiger charge is -2.04. The summed E-state index contributed by atoms with van der Waals surface area (Å²) in [6, 6.07) is 7.47. The maximum absolute atomic E-state index is 10.5. The van der Waals surface area contributed by atoms with Gasteiger partial charge in [-0.25, -0.2) is 4.84 Å². The first-order chi connectivity index (χ1) is 7.35. The molecule has 0 aliphatic rings. The van der Waals surface area contributed by atoms with Crippen LogP contribution in [-0.2, 0) is 11.2 Å². The molecule has 15 heavy (non-hydrogen) atoms. The summed E-state index contributed by atoms with van der Waals surface area (Å²) < 4.78 is 0. The van der Waals surface area contributed by atoms with E-state index in [2.05, 4.69) is 9.82 Å². The van der Waals surface area contributed by atoms with Crippen molar-refractivity contribution in [3.05, 3.63) is 36.0 Å². The van der Waals surface area contributed by atoms with Crippen molar-refractivity contribution in [2.75, 3.05) is 0 Å². The predicted molar refractivity (Wildman–Crippen MR) is 60.5 cm³/mol. The molecule has 0 saturated heterocycles. The number of H-pyrrole nitrogens is 1. The number of aromatic amines is 1. The molecule has 0 aliphatic carbocycles. The van der Waals surface area contributed by atoms with Crippen LogP contribution in [0.4, 0.5) is 0 Å². The van der Waals surface area contributed by atoms with Crippen LogP contribution < -0.4 is 4.84 Å². The summed E-state index contributed by atoms with van der Waals surface area (Å²) in [5.41, 5.74) is 2.12. The number of rotatable bonds is 4. The zero-order valence-electron chi connectivity index (χ0n) is 7.96. The van der Waals surface area contributed by atoms with Crippen LogP contribution in [0.15, 0.2) is 30.5 Å². The van der Waals surface area contributed by atoms with Gasteiger partial charge in [0, 0.05) is 17.1 Å². The topological polar surface area (TPSA) is 44.9 Å². The Morgan fingerprint density at radius 1 is 1.47 bits per heavy atom. The lowest BCUT2D eigenvalue weighted by Crippen LogP contribution is -2.24. The second-order valence-corrected chi connectivity index (χ2v) is 3.56. The third-order valence-corrected chi connectivity index (χ3v) is 2.64. The minimum absolute atomic E-state index is 0.467. The van der Waals surface area contributed by atoms with Gasteiger partial charge in [0.25, 0.3) is 0 Å². The maximum Gasteiger partial charge on any atom is 0.218 e. The van der Waals surface area contributed by atoms with E-state index in [1.165, 1.54) is 0 Å². The van der Waals surface area contributed by atoms with Gasteiger partial charge in [0.05, 0.1) is 6.04 Å². The van der Waals surface area contributed by atoms with Gasteiger partial charge >= 0.3 is 0 Å². The van der Waals surface area contributed by atoms with E-state index in [-0.39, 0.29) is 0 Å². The average Bonchev–Trinajstić information content (AvgIpc) is 2.69. The minimum Gasteiger partial charge on any atom is -0.361 e. The normalized spacial score (nSPS) is 12.9. The predicted octanol–water partition coefficient (Wildman–Crippen LogP) is 1.93. The molecule has 77 valence electrons.